The molecule has 0 aliphatic rings. The summed E-state index contributed by atoms with van der Waals surface area (Å²) in [7, 11) is -3.72. The first-order valence-corrected chi connectivity index (χ1v) is 8.60. The Labute approximate surface area is 133 Å². The van der Waals surface area contributed by atoms with E-state index in [-0.39, 0.29) is 11.5 Å². The van der Waals surface area contributed by atoms with Crippen LogP contribution in [0.4, 0.5) is 5.69 Å². The summed E-state index contributed by atoms with van der Waals surface area (Å²) < 4.78 is 28.1. The first-order valence-electron chi connectivity index (χ1n) is 6.33. The van der Waals surface area contributed by atoms with Gasteiger partial charge in [-0.05, 0) is 59.1 Å². The van der Waals surface area contributed by atoms with Gasteiger partial charge < -0.3 is 5.11 Å². The lowest BCUT2D eigenvalue weighted by molar-refractivity contribution is 0.281. The first kappa shape index (κ1) is 16.0. The topological polar surface area (TPSA) is 66.4 Å². The van der Waals surface area contributed by atoms with E-state index in [1.165, 1.54) is 6.07 Å². The van der Waals surface area contributed by atoms with Crippen molar-refractivity contribution < 1.29 is 13.5 Å². The van der Waals surface area contributed by atoms with Gasteiger partial charge in [-0.15, -0.1) is 0 Å². The van der Waals surface area contributed by atoms with Gasteiger partial charge in [0, 0.05) is 10.2 Å². The van der Waals surface area contributed by atoms with Gasteiger partial charge in [0.2, 0.25) is 0 Å². The molecule has 112 valence electrons. The van der Waals surface area contributed by atoms with Crippen LogP contribution in [0.3, 0.4) is 0 Å². The van der Waals surface area contributed by atoms with Crippen LogP contribution in [0.5, 0.6) is 0 Å². The maximum Gasteiger partial charge on any atom is 0.263 e. The van der Waals surface area contributed by atoms with Gasteiger partial charge in [-0.2, -0.15) is 0 Å². The second-order valence-corrected chi connectivity index (χ2v) is 7.30. The SMILES string of the molecule is Cc1ccc(NS(=O)(=O)c2cc(CO)cc(C)c2Br)cc1. The average Bonchev–Trinajstić information content (AvgIpc) is 2.43. The fourth-order valence-electron chi connectivity index (χ4n) is 1.93. The maximum absolute atomic E-state index is 12.5. The number of sulfonamides is 1. The van der Waals surface area contributed by atoms with Crippen molar-refractivity contribution in [1.29, 1.82) is 0 Å². The molecule has 0 amide bonds. The molecule has 2 aromatic carbocycles. The molecule has 0 atom stereocenters. The summed E-state index contributed by atoms with van der Waals surface area (Å²) in [6.07, 6.45) is 0. The van der Waals surface area contributed by atoms with Crippen molar-refractivity contribution in [3.05, 3.63) is 57.6 Å². The number of benzene rings is 2. The summed E-state index contributed by atoms with van der Waals surface area (Å²) in [4.78, 5) is 0.118. The van der Waals surface area contributed by atoms with E-state index in [2.05, 4.69) is 20.7 Å². The van der Waals surface area contributed by atoms with Gasteiger partial charge in [-0.25, -0.2) is 8.42 Å². The van der Waals surface area contributed by atoms with E-state index in [1.54, 1.807) is 25.1 Å². The van der Waals surface area contributed by atoms with E-state index >= 15 is 0 Å². The molecule has 21 heavy (non-hydrogen) atoms. The molecule has 6 heteroatoms. The quantitative estimate of drug-likeness (QED) is 0.867. The molecule has 2 aromatic rings. The van der Waals surface area contributed by atoms with Gasteiger partial charge in [0.15, 0.2) is 0 Å². The van der Waals surface area contributed by atoms with Gasteiger partial charge in [0.05, 0.1) is 6.61 Å². The Kier molecular flexibility index (Phi) is 4.70. The van der Waals surface area contributed by atoms with Crippen LogP contribution in [-0.2, 0) is 16.6 Å². The molecule has 0 spiro atoms. The summed E-state index contributed by atoms with van der Waals surface area (Å²) in [5.41, 5.74) is 2.86. The van der Waals surface area contributed by atoms with E-state index in [1.807, 2.05) is 19.1 Å². The fourth-order valence-corrected chi connectivity index (χ4v) is 4.06. The van der Waals surface area contributed by atoms with E-state index < -0.39 is 10.0 Å². The second kappa shape index (κ2) is 6.17. The molecule has 0 saturated heterocycles. The Morgan fingerprint density at radius 3 is 2.33 bits per heavy atom. The highest BCUT2D eigenvalue weighted by molar-refractivity contribution is 9.10. The molecule has 0 aliphatic heterocycles. The van der Waals surface area contributed by atoms with Gasteiger partial charge >= 0.3 is 0 Å². The van der Waals surface area contributed by atoms with Gasteiger partial charge in [-0.1, -0.05) is 23.8 Å². The van der Waals surface area contributed by atoms with Crippen LogP contribution >= 0.6 is 15.9 Å². The number of aryl methyl sites for hydroxylation is 2. The summed E-state index contributed by atoms with van der Waals surface area (Å²) in [6.45, 7) is 3.51. The highest BCUT2D eigenvalue weighted by atomic mass is 79.9. The summed E-state index contributed by atoms with van der Waals surface area (Å²) in [5, 5.41) is 9.23. The number of hydrogen-bond donors (Lipinski definition) is 2. The minimum absolute atomic E-state index is 0.118. The molecular formula is C15H16BrNO3S. The van der Waals surface area contributed by atoms with E-state index in [4.69, 9.17) is 0 Å². The van der Waals surface area contributed by atoms with Crippen LogP contribution in [0.1, 0.15) is 16.7 Å². The molecule has 0 aliphatic carbocycles. The Hall–Kier alpha value is -1.37. The van der Waals surface area contributed by atoms with E-state index in [9.17, 15) is 13.5 Å². The van der Waals surface area contributed by atoms with Crippen LogP contribution in [-0.4, -0.2) is 13.5 Å². The molecule has 0 aromatic heterocycles. The minimum atomic E-state index is -3.72. The maximum atomic E-state index is 12.5. The third-order valence-corrected chi connectivity index (χ3v) is 5.78. The summed E-state index contributed by atoms with van der Waals surface area (Å²) in [6, 6.07) is 10.3. The highest BCUT2D eigenvalue weighted by Gasteiger charge is 2.20. The van der Waals surface area contributed by atoms with Crippen molar-refractivity contribution in [2.24, 2.45) is 0 Å². The Balaban J connectivity index is 2.44. The molecule has 0 unspecified atom stereocenters. The summed E-state index contributed by atoms with van der Waals surface area (Å²) in [5.74, 6) is 0. The fraction of sp³-hybridized carbons (Fsp3) is 0.200. The predicted molar refractivity (Wildman–Crippen MR) is 86.8 cm³/mol. The lowest BCUT2D eigenvalue weighted by Crippen LogP contribution is -2.14. The third kappa shape index (κ3) is 3.64. The number of hydrogen-bond acceptors (Lipinski definition) is 3. The molecule has 2 N–H and O–H groups in total. The third-order valence-electron chi connectivity index (χ3n) is 3.06. The average molecular weight is 370 g/mol. The molecule has 4 nitrogen and oxygen atoms in total. The highest BCUT2D eigenvalue weighted by Crippen LogP contribution is 2.29. The monoisotopic (exact) mass is 369 g/mol. The Bertz CT molecular complexity index is 755. The number of aliphatic hydroxyl groups excluding tert-OH is 1. The van der Waals surface area contributed by atoms with Gasteiger partial charge in [-0.3, -0.25) is 4.72 Å². The van der Waals surface area contributed by atoms with Crippen LogP contribution in [0.2, 0.25) is 0 Å². The lowest BCUT2D eigenvalue weighted by atomic mass is 10.1. The zero-order valence-corrected chi connectivity index (χ0v) is 14.1. The number of anilines is 1. The minimum Gasteiger partial charge on any atom is -0.392 e. The van der Waals surface area contributed by atoms with Crippen LogP contribution < -0.4 is 4.72 Å². The van der Waals surface area contributed by atoms with Gasteiger partial charge in [0.25, 0.3) is 10.0 Å². The molecule has 0 fully saturated rings. The zero-order valence-electron chi connectivity index (χ0n) is 11.7. The number of rotatable bonds is 4. The number of aliphatic hydroxyl groups is 1. The normalized spacial score (nSPS) is 11.4. The van der Waals surface area contributed by atoms with Crippen molar-refractivity contribution in [3.63, 3.8) is 0 Å². The van der Waals surface area contributed by atoms with Crippen LogP contribution in [0.25, 0.3) is 0 Å². The molecule has 0 radical (unpaired) electrons. The first-order chi connectivity index (χ1) is 9.83. The molecule has 0 bridgehead atoms. The predicted octanol–water partition coefficient (Wildman–Crippen LogP) is 3.36. The van der Waals surface area contributed by atoms with Crippen molar-refractivity contribution in [3.8, 4) is 0 Å². The van der Waals surface area contributed by atoms with E-state index in [0.29, 0.717) is 15.7 Å². The largest absolute Gasteiger partial charge is 0.392 e. The second-order valence-electron chi connectivity index (χ2n) is 4.85. The smallest absolute Gasteiger partial charge is 0.263 e. The summed E-state index contributed by atoms with van der Waals surface area (Å²) >= 11 is 3.30. The Morgan fingerprint density at radius 1 is 1.14 bits per heavy atom. The number of halogens is 1. The van der Waals surface area contributed by atoms with E-state index in [0.717, 1.165) is 11.1 Å². The molecule has 2 rings (SSSR count). The van der Waals surface area contributed by atoms with Crippen molar-refractivity contribution in [2.75, 3.05) is 4.72 Å². The number of nitrogens with one attached hydrogen (secondary N) is 1. The van der Waals surface area contributed by atoms with Crippen molar-refractivity contribution in [2.45, 2.75) is 25.3 Å². The van der Waals surface area contributed by atoms with Crippen molar-refractivity contribution in [1.82, 2.24) is 0 Å². The van der Waals surface area contributed by atoms with Gasteiger partial charge in [0.1, 0.15) is 4.90 Å². The van der Waals surface area contributed by atoms with Crippen molar-refractivity contribution >= 4 is 31.6 Å². The standard InChI is InChI=1S/C15H16BrNO3S/c1-10-3-5-13(6-4-10)17-21(19,20)14-8-12(9-18)7-11(2)15(14)16/h3-8,17-18H,9H2,1-2H3. The van der Waals surface area contributed by atoms with Crippen LogP contribution in [0.15, 0.2) is 45.8 Å². The molecule has 0 saturated carbocycles. The molecular weight excluding hydrogens is 354 g/mol. The Morgan fingerprint density at radius 2 is 1.76 bits per heavy atom. The molecule has 0 heterocycles. The van der Waals surface area contributed by atoms with Crippen LogP contribution in [0, 0.1) is 13.8 Å². The zero-order chi connectivity index (χ0) is 15.6. The lowest BCUT2D eigenvalue weighted by Gasteiger charge is -2.13.